The predicted octanol–water partition coefficient (Wildman–Crippen LogP) is 25.3. The SMILES string of the molecule is [2H]c1c([2H])c2c3c(c1-n1c4c([2H])c([2H])c([2H])c([2H])c4c4c([2H])c([2H])c([2H])c([2H])c41)c1ccccc1c1ccccc1c1cccc(-c4ccccc4)c1n3-c1cc(C(C)(C)C)cc3c1B2c1c([2H])c([2H])c(-n2c4c([2H])c([2H])c(C(C)(C)C)c([2H])c4c4c([2H])c(C(C)(C)C)c([2H])c([2H])c42)c2c4ccccc4c4ccccc4c4cccc(-c5ccccc5)c4n-3c12. The summed E-state index contributed by atoms with van der Waals surface area (Å²) in [4.78, 5) is 0. The number of nitrogens with zero attached hydrogens (tertiary/aromatic N) is 4. The Morgan fingerprint density at radius 2 is 0.598 bits per heavy atom. The molecule has 0 atom stereocenters. The molecule has 15 aromatic carbocycles. The van der Waals surface area contributed by atoms with Crippen LogP contribution in [0, 0.1) is 0 Å². The van der Waals surface area contributed by atoms with E-state index in [1.54, 1.807) is 4.57 Å². The van der Waals surface area contributed by atoms with E-state index in [-0.39, 0.29) is 135 Å². The number of fused-ring (bicyclic) bond motifs is 24. The van der Waals surface area contributed by atoms with Crippen LogP contribution >= 0.6 is 0 Å². The largest absolute Gasteiger partial charge is 0.309 e. The lowest BCUT2D eigenvalue weighted by Crippen LogP contribution is -2.60. The van der Waals surface area contributed by atoms with Crippen LogP contribution in [0.15, 0.2) is 315 Å². The van der Waals surface area contributed by atoms with E-state index < -0.39 is 95.5 Å². The molecule has 510 valence electrons. The van der Waals surface area contributed by atoms with Gasteiger partial charge in [0.2, 0.25) is 0 Å². The van der Waals surface area contributed by atoms with Gasteiger partial charge < -0.3 is 18.3 Å². The summed E-state index contributed by atoms with van der Waals surface area (Å²) in [6, 6.07) is 59.5. The van der Waals surface area contributed by atoms with Gasteiger partial charge in [-0.25, -0.2) is 0 Å². The Morgan fingerprint density at radius 3 is 0.991 bits per heavy atom. The van der Waals surface area contributed by atoms with Crippen LogP contribution in [0.3, 0.4) is 0 Å². The number of para-hydroxylation sites is 4. The summed E-state index contributed by atoms with van der Waals surface area (Å²) in [6.45, 7) is 16.1. The van der Waals surface area contributed by atoms with Crippen LogP contribution in [0.1, 0.15) is 104 Å². The monoisotopic (exact) mass is 1390 g/mol. The average molecular weight is 1390 g/mol. The molecule has 0 unspecified atom stereocenters. The molecule has 0 spiro atoms. The highest BCUT2D eigenvalue weighted by molar-refractivity contribution is 7.00. The molecule has 0 saturated carbocycles. The van der Waals surface area contributed by atoms with Gasteiger partial charge in [0.15, 0.2) is 0 Å². The summed E-state index contributed by atoms with van der Waals surface area (Å²) in [6.07, 6.45) is 0. The van der Waals surface area contributed by atoms with Gasteiger partial charge in [0.05, 0.1) is 80.2 Å². The molecule has 0 saturated heterocycles. The molecule has 0 amide bonds. The van der Waals surface area contributed by atoms with Gasteiger partial charge in [-0.05, 0) is 164 Å². The van der Waals surface area contributed by atoms with Crippen molar-refractivity contribution >= 4 is 153 Å². The van der Waals surface area contributed by atoms with Gasteiger partial charge in [-0.3, -0.25) is 0 Å². The molecule has 4 nitrogen and oxygen atoms in total. The lowest BCUT2D eigenvalue weighted by molar-refractivity contribution is 0.589. The van der Waals surface area contributed by atoms with E-state index in [1.807, 2.05) is 193 Å². The fourth-order valence-corrected chi connectivity index (χ4v) is 17.3. The first-order valence-electron chi connectivity index (χ1n) is 45.6. The number of hydrogen-bond donors (Lipinski definition) is 0. The van der Waals surface area contributed by atoms with Crippen molar-refractivity contribution in [3.63, 3.8) is 0 Å². The quantitative estimate of drug-likeness (QED) is 0.157. The van der Waals surface area contributed by atoms with Crippen LogP contribution in [0.5, 0.6) is 0 Å². The standard InChI is InChI=1S/C102H79BN4/c1-100(2,3)64-50-54-87-81(58-64)82-59-65(101(4,5)6)51-55-88(82)105(87)90-57-53-84-99-94(90)78-43-23-21-37-72(78)70-35-17-19-39-74(70)80-47-29-45-68(63-32-14-11-15-33-63)97(80)107(99)92-61-66(102(7,8)9)60-91-95(92)103(84)83-52-56-89(104-85-48-26-24-40-75(85)76-41-25-27-49-86(76)104)93-77-42-22-20-36-71(77)69-34-16-18-38-73(69)79-46-28-44-67(62-30-12-10-13-31-62)96(79)106(91)98(83)93/h10-61H,1-9H3/i24D,25D,26D,27D,40D,41D,48D,49D,50D,51D,52D,53D,54D,55D,56D,57D,58D,59D. The zero-order chi connectivity index (χ0) is 87.8. The van der Waals surface area contributed by atoms with E-state index in [9.17, 15) is 24.7 Å². The molecule has 5 heteroatoms. The van der Waals surface area contributed by atoms with Crippen molar-refractivity contribution < 1.29 is 24.7 Å². The molecule has 4 aromatic heterocycles. The van der Waals surface area contributed by atoms with Crippen molar-refractivity contribution in [2.45, 2.75) is 78.6 Å². The van der Waals surface area contributed by atoms with Crippen molar-refractivity contribution in [3.8, 4) is 45.0 Å². The Hall–Kier alpha value is -12.4. The first kappa shape index (κ1) is 47.1. The lowest BCUT2D eigenvalue weighted by Gasteiger charge is -2.38. The summed E-state index contributed by atoms with van der Waals surface area (Å²) in [7, 11) is 0. The summed E-state index contributed by atoms with van der Waals surface area (Å²) >= 11 is 0. The molecule has 19 aromatic rings. The third-order valence-electron chi connectivity index (χ3n) is 22.2. The van der Waals surface area contributed by atoms with E-state index >= 15 is 0 Å². The predicted molar refractivity (Wildman–Crippen MR) is 461 cm³/mol. The second-order valence-electron chi connectivity index (χ2n) is 31.6. The fourth-order valence-electron chi connectivity index (χ4n) is 17.3. The van der Waals surface area contributed by atoms with Crippen molar-refractivity contribution in [1.82, 2.24) is 18.3 Å². The highest BCUT2D eigenvalue weighted by Crippen LogP contribution is 2.49. The van der Waals surface area contributed by atoms with E-state index in [0.29, 0.717) is 60.4 Å². The first-order valence-corrected chi connectivity index (χ1v) is 36.6. The number of rotatable bonds is 4. The third-order valence-corrected chi connectivity index (χ3v) is 22.2. The number of benzene rings is 15. The minimum absolute atomic E-state index is 0.0571. The zero-order valence-corrected chi connectivity index (χ0v) is 60.5. The molecular formula is C102H79BN4. The van der Waals surface area contributed by atoms with Gasteiger partial charge in [-0.2, -0.15) is 0 Å². The van der Waals surface area contributed by atoms with Gasteiger partial charge in [0.25, 0.3) is 6.71 Å². The molecule has 6 heterocycles. The Balaban J connectivity index is 1.15. The molecule has 0 radical (unpaired) electrons. The highest BCUT2D eigenvalue weighted by Gasteiger charge is 2.42. The number of aromatic nitrogens is 4. The fraction of sp³-hybridized carbons (Fsp3) is 0.118. The second kappa shape index (κ2) is 23.0. The maximum absolute atomic E-state index is 12.0. The van der Waals surface area contributed by atoms with Crippen LogP contribution in [-0.2, 0) is 16.2 Å². The minimum Gasteiger partial charge on any atom is -0.309 e. The van der Waals surface area contributed by atoms with Gasteiger partial charge >= 0.3 is 0 Å². The van der Waals surface area contributed by atoms with Crippen molar-refractivity contribution in [3.05, 3.63) is 332 Å². The summed E-state index contributed by atoms with van der Waals surface area (Å²) in [5.74, 6) is 0. The second-order valence-corrected chi connectivity index (χ2v) is 31.6. The van der Waals surface area contributed by atoms with Crippen molar-refractivity contribution in [2.24, 2.45) is 0 Å². The Morgan fingerprint density at radius 1 is 0.262 bits per heavy atom. The van der Waals surface area contributed by atoms with Gasteiger partial charge in [0.1, 0.15) is 0 Å². The molecular weight excluding hydrogens is 1290 g/mol. The van der Waals surface area contributed by atoms with Crippen molar-refractivity contribution in [1.29, 1.82) is 0 Å². The van der Waals surface area contributed by atoms with E-state index in [2.05, 4.69) is 84.5 Å². The van der Waals surface area contributed by atoms with E-state index in [4.69, 9.17) is 0 Å². The molecule has 0 N–H and O–H groups in total. The third kappa shape index (κ3) is 9.23. The zero-order valence-electron chi connectivity index (χ0n) is 78.5. The summed E-state index contributed by atoms with van der Waals surface area (Å²) in [5, 5.41) is 6.72. The van der Waals surface area contributed by atoms with Gasteiger partial charge in [-0.15, -0.1) is 0 Å². The molecule has 2 aliphatic rings. The maximum atomic E-state index is 12.0. The normalized spacial score (nSPS) is 15.2. The molecule has 0 fully saturated rings. The smallest absolute Gasteiger partial charge is 0.252 e. The van der Waals surface area contributed by atoms with Gasteiger partial charge in [0, 0.05) is 65.6 Å². The molecule has 107 heavy (non-hydrogen) atoms. The highest BCUT2D eigenvalue weighted by atomic mass is 15.1. The van der Waals surface area contributed by atoms with E-state index in [1.165, 1.54) is 4.57 Å². The van der Waals surface area contributed by atoms with Crippen LogP contribution in [0.4, 0.5) is 0 Å². The Kier molecular flexibility index (Phi) is 10.1. The minimum atomic E-state index is -1.43. The van der Waals surface area contributed by atoms with Crippen LogP contribution < -0.4 is 16.4 Å². The Bertz CT molecular complexity index is 8080. The van der Waals surface area contributed by atoms with Crippen LogP contribution in [-0.4, -0.2) is 25.0 Å². The molecule has 2 aliphatic heterocycles. The van der Waals surface area contributed by atoms with Crippen LogP contribution in [0.25, 0.3) is 175 Å². The maximum Gasteiger partial charge on any atom is 0.252 e. The molecule has 21 rings (SSSR count). The number of hydrogen-bond acceptors (Lipinski definition) is 0. The van der Waals surface area contributed by atoms with E-state index in [0.717, 1.165) is 49.2 Å². The lowest BCUT2D eigenvalue weighted by atomic mass is 9.34. The summed E-state index contributed by atoms with van der Waals surface area (Å²) in [5.41, 5.74) is 4.12. The summed E-state index contributed by atoms with van der Waals surface area (Å²) < 4.78 is 196. The first-order chi connectivity index (χ1) is 59.6. The van der Waals surface area contributed by atoms with Gasteiger partial charge in [-0.1, -0.05) is 317 Å². The Labute approximate surface area is 648 Å². The van der Waals surface area contributed by atoms with Crippen molar-refractivity contribution in [2.75, 3.05) is 0 Å². The van der Waals surface area contributed by atoms with Crippen LogP contribution in [0.2, 0.25) is 0 Å². The molecule has 0 bridgehead atoms. The average Bonchev–Trinajstić information content (AvgIpc) is 1.65. The molecule has 0 aliphatic carbocycles. The topological polar surface area (TPSA) is 19.7 Å².